The van der Waals surface area contributed by atoms with Gasteiger partial charge >= 0.3 is 0 Å². The number of hydrogen-bond donors (Lipinski definition) is 1. The van der Waals surface area contributed by atoms with Gasteiger partial charge in [-0.15, -0.1) is 0 Å². The lowest BCUT2D eigenvalue weighted by Gasteiger charge is -2.47. The summed E-state index contributed by atoms with van der Waals surface area (Å²) in [5.74, 6) is -0.0859. The fraction of sp³-hybridized carbons (Fsp3) is 0.481. The number of fused-ring (bicyclic) bond motifs is 1. The average Bonchev–Trinajstić information content (AvgIpc) is 2.76. The van der Waals surface area contributed by atoms with Crippen molar-refractivity contribution in [1.29, 1.82) is 0 Å². The number of amides is 2. The average molecular weight is 419 g/mol. The Labute approximate surface area is 186 Å². The van der Waals surface area contributed by atoms with E-state index < -0.39 is 5.54 Å². The lowest BCUT2D eigenvalue weighted by atomic mass is 9.80. The summed E-state index contributed by atoms with van der Waals surface area (Å²) in [4.78, 5) is 29.3. The molecule has 0 radical (unpaired) electrons. The van der Waals surface area contributed by atoms with E-state index in [1.54, 1.807) is 0 Å². The standard InChI is InChI=1S/C27H34N2O2/c1-20(21-13-7-6-8-14-21)29-25(30)24-18-12-11-15-22(24)19-27(29,2)26(31)28-23-16-9-4-3-5-10-17-23/h6-8,11-15,18,20,23H,3-5,9-10,16-17,19H2,1-2H3,(H,28,31)/t20-,27+/m1/s1. The Morgan fingerprint density at radius 2 is 1.58 bits per heavy atom. The molecule has 1 fully saturated rings. The Bertz CT molecular complexity index is 918. The maximum Gasteiger partial charge on any atom is 0.255 e. The van der Waals surface area contributed by atoms with Crippen LogP contribution in [-0.4, -0.2) is 28.3 Å². The Kier molecular flexibility index (Phi) is 6.45. The monoisotopic (exact) mass is 418 g/mol. The van der Waals surface area contributed by atoms with E-state index in [0.717, 1.165) is 36.8 Å². The van der Waals surface area contributed by atoms with Crippen LogP contribution in [0.15, 0.2) is 54.6 Å². The molecule has 2 amide bonds. The second kappa shape index (κ2) is 9.25. The Morgan fingerprint density at radius 1 is 0.968 bits per heavy atom. The van der Waals surface area contributed by atoms with E-state index in [4.69, 9.17) is 0 Å². The lowest BCUT2D eigenvalue weighted by Crippen LogP contribution is -2.64. The summed E-state index contributed by atoms with van der Waals surface area (Å²) in [6.07, 6.45) is 8.69. The Hall–Kier alpha value is -2.62. The van der Waals surface area contributed by atoms with Gasteiger partial charge in [-0.1, -0.05) is 80.6 Å². The summed E-state index contributed by atoms with van der Waals surface area (Å²) in [7, 11) is 0. The zero-order chi connectivity index (χ0) is 21.8. The molecule has 0 unspecified atom stereocenters. The summed E-state index contributed by atoms with van der Waals surface area (Å²) >= 11 is 0. The Balaban J connectivity index is 1.67. The third-order valence-electron chi connectivity index (χ3n) is 7.13. The molecular weight excluding hydrogens is 384 g/mol. The van der Waals surface area contributed by atoms with Gasteiger partial charge in [0.2, 0.25) is 5.91 Å². The molecule has 1 saturated carbocycles. The summed E-state index contributed by atoms with van der Waals surface area (Å²) in [5, 5.41) is 3.35. The lowest BCUT2D eigenvalue weighted by molar-refractivity contribution is -0.133. The van der Waals surface area contributed by atoms with E-state index in [1.165, 1.54) is 19.3 Å². The fourth-order valence-corrected chi connectivity index (χ4v) is 5.31. The first-order valence-electron chi connectivity index (χ1n) is 11.8. The van der Waals surface area contributed by atoms with E-state index in [-0.39, 0.29) is 23.9 Å². The van der Waals surface area contributed by atoms with Gasteiger partial charge in [-0.25, -0.2) is 0 Å². The third-order valence-corrected chi connectivity index (χ3v) is 7.13. The van der Waals surface area contributed by atoms with E-state index in [0.29, 0.717) is 12.0 Å². The molecule has 4 rings (SSSR count). The molecule has 2 aromatic rings. The highest BCUT2D eigenvalue weighted by atomic mass is 16.2. The molecule has 2 aromatic carbocycles. The van der Waals surface area contributed by atoms with Crippen molar-refractivity contribution in [3.8, 4) is 0 Å². The van der Waals surface area contributed by atoms with Gasteiger partial charge in [0, 0.05) is 18.0 Å². The molecule has 2 atom stereocenters. The van der Waals surface area contributed by atoms with Crippen molar-refractivity contribution in [2.75, 3.05) is 0 Å². The smallest absolute Gasteiger partial charge is 0.255 e. The highest BCUT2D eigenvalue weighted by Crippen LogP contribution is 2.38. The van der Waals surface area contributed by atoms with Gasteiger partial charge in [-0.3, -0.25) is 9.59 Å². The van der Waals surface area contributed by atoms with Crippen LogP contribution in [0.3, 0.4) is 0 Å². The number of carbonyl (C=O) groups is 2. The van der Waals surface area contributed by atoms with Crippen LogP contribution in [0.4, 0.5) is 0 Å². The molecule has 0 saturated heterocycles. The number of benzene rings is 2. The minimum absolute atomic E-state index is 0.0243. The van der Waals surface area contributed by atoms with Gasteiger partial charge in [0.05, 0.1) is 6.04 Å². The van der Waals surface area contributed by atoms with E-state index >= 15 is 0 Å². The molecule has 0 spiro atoms. The maximum atomic E-state index is 13.8. The van der Waals surface area contributed by atoms with Crippen molar-refractivity contribution >= 4 is 11.8 Å². The van der Waals surface area contributed by atoms with Crippen molar-refractivity contribution in [3.63, 3.8) is 0 Å². The predicted octanol–water partition coefficient (Wildman–Crippen LogP) is 5.43. The van der Waals surface area contributed by atoms with Crippen LogP contribution in [-0.2, 0) is 11.2 Å². The minimum atomic E-state index is -0.928. The topological polar surface area (TPSA) is 49.4 Å². The van der Waals surface area contributed by atoms with Gasteiger partial charge in [0.1, 0.15) is 5.54 Å². The van der Waals surface area contributed by atoms with Gasteiger partial charge in [0.25, 0.3) is 5.91 Å². The summed E-state index contributed by atoms with van der Waals surface area (Å²) < 4.78 is 0. The molecule has 1 aliphatic heterocycles. The number of hydrogen-bond acceptors (Lipinski definition) is 2. The quantitative estimate of drug-likeness (QED) is 0.719. The van der Waals surface area contributed by atoms with Gasteiger partial charge in [-0.2, -0.15) is 0 Å². The second-order valence-electron chi connectivity index (χ2n) is 9.39. The molecule has 0 bridgehead atoms. The first kappa shape index (κ1) is 21.6. The molecule has 4 heteroatoms. The first-order valence-corrected chi connectivity index (χ1v) is 11.8. The van der Waals surface area contributed by atoms with E-state index in [1.807, 2.05) is 73.3 Å². The van der Waals surface area contributed by atoms with Crippen LogP contribution in [0, 0.1) is 0 Å². The van der Waals surface area contributed by atoms with Gasteiger partial charge in [-0.05, 0) is 43.9 Å². The predicted molar refractivity (Wildman–Crippen MR) is 124 cm³/mol. The van der Waals surface area contributed by atoms with Crippen LogP contribution in [0.2, 0.25) is 0 Å². The minimum Gasteiger partial charge on any atom is -0.351 e. The number of rotatable bonds is 4. The van der Waals surface area contributed by atoms with Crippen LogP contribution in [0.1, 0.15) is 86.3 Å². The zero-order valence-corrected chi connectivity index (χ0v) is 18.8. The summed E-state index contributed by atoms with van der Waals surface area (Å²) in [6.45, 7) is 3.97. The summed E-state index contributed by atoms with van der Waals surface area (Å²) in [6, 6.07) is 17.7. The highest BCUT2D eigenvalue weighted by Gasteiger charge is 2.49. The normalized spacial score (nSPS) is 23.4. The molecule has 164 valence electrons. The van der Waals surface area contributed by atoms with Gasteiger partial charge < -0.3 is 10.2 Å². The van der Waals surface area contributed by atoms with Crippen LogP contribution in [0.25, 0.3) is 0 Å². The van der Waals surface area contributed by atoms with E-state index in [2.05, 4.69) is 5.32 Å². The van der Waals surface area contributed by atoms with Crippen molar-refractivity contribution in [3.05, 3.63) is 71.3 Å². The summed E-state index contributed by atoms with van der Waals surface area (Å²) in [5.41, 5.74) is 1.78. The van der Waals surface area contributed by atoms with Crippen molar-refractivity contribution in [1.82, 2.24) is 10.2 Å². The van der Waals surface area contributed by atoms with Crippen molar-refractivity contribution < 1.29 is 9.59 Å². The number of nitrogens with zero attached hydrogens (tertiary/aromatic N) is 1. The maximum absolute atomic E-state index is 13.8. The fourth-order valence-electron chi connectivity index (χ4n) is 5.31. The molecule has 31 heavy (non-hydrogen) atoms. The van der Waals surface area contributed by atoms with Crippen molar-refractivity contribution in [2.24, 2.45) is 0 Å². The van der Waals surface area contributed by atoms with Crippen molar-refractivity contribution in [2.45, 2.75) is 82.8 Å². The second-order valence-corrected chi connectivity index (χ2v) is 9.39. The van der Waals surface area contributed by atoms with Crippen LogP contribution in [0.5, 0.6) is 0 Å². The van der Waals surface area contributed by atoms with Crippen LogP contribution >= 0.6 is 0 Å². The largest absolute Gasteiger partial charge is 0.351 e. The molecule has 1 heterocycles. The Morgan fingerprint density at radius 3 is 2.29 bits per heavy atom. The first-order chi connectivity index (χ1) is 15.0. The van der Waals surface area contributed by atoms with Crippen LogP contribution < -0.4 is 5.32 Å². The molecular formula is C27H34N2O2. The molecule has 1 N–H and O–H groups in total. The van der Waals surface area contributed by atoms with E-state index in [9.17, 15) is 9.59 Å². The number of nitrogens with one attached hydrogen (secondary N) is 1. The molecule has 0 aromatic heterocycles. The molecule has 1 aliphatic carbocycles. The zero-order valence-electron chi connectivity index (χ0n) is 18.8. The highest BCUT2D eigenvalue weighted by molar-refractivity contribution is 6.02. The third kappa shape index (κ3) is 4.39. The molecule has 2 aliphatic rings. The SMILES string of the molecule is C[C@H](c1ccccc1)N1C(=O)c2ccccc2C[C@@]1(C)C(=O)NC1CCCCCCC1. The van der Waals surface area contributed by atoms with Gasteiger partial charge in [0.15, 0.2) is 0 Å². The molecule has 4 nitrogen and oxygen atoms in total. The number of carbonyl (C=O) groups excluding carboxylic acids is 2.